The Bertz CT molecular complexity index is 1070. The molecule has 0 aliphatic rings. The number of furan rings is 1. The fourth-order valence-electron chi connectivity index (χ4n) is 2.85. The molecule has 0 radical (unpaired) electrons. The Morgan fingerprint density at radius 2 is 1.55 bits per heavy atom. The van der Waals surface area contributed by atoms with Crippen LogP contribution < -0.4 is 24.8 Å². The maximum atomic E-state index is 12.9. The van der Waals surface area contributed by atoms with Crippen LogP contribution in [-0.4, -0.2) is 38.7 Å². The van der Waals surface area contributed by atoms with E-state index in [9.17, 15) is 9.59 Å². The van der Waals surface area contributed by atoms with E-state index < -0.39 is 11.8 Å². The molecule has 8 heteroatoms. The van der Waals surface area contributed by atoms with Gasteiger partial charge in [0.25, 0.3) is 11.8 Å². The van der Waals surface area contributed by atoms with E-state index in [1.165, 1.54) is 12.3 Å². The highest BCUT2D eigenvalue weighted by atomic mass is 16.5. The number of amides is 2. The first-order valence-corrected chi connectivity index (χ1v) is 10.3. The quantitative estimate of drug-likeness (QED) is 0.458. The molecule has 1 atom stereocenters. The van der Waals surface area contributed by atoms with Gasteiger partial charge in [0.05, 0.1) is 26.5 Å². The van der Waals surface area contributed by atoms with Crippen molar-refractivity contribution in [2.75, 3.05) is 20.8 Å². The Morgan fingerprint density at radius 1 is 0.939 bits per heavy atom. The Labute approximate surface area is 192 Å². The lowest BCUT2D eigenvalue weighted by molar-refractivity contribution is -0.118. The number of benzene rings is 2. The summed E-state index contributed by atoms with van der Waals surface area (Å²) in [7, 11) is 3.14. The van der Waals surface area contributed by atoms with Crippen LogP contribution in [0.1, 0.15) is 23.0 Å². The lowest BCUT2D eigenvalue weighted by atomic mass is 10.2. The zero-order chi connectivity index (χ0) is 23.6. The molecule has 0 aliphatic carbocycles. The zero-order valence-electron chi connectivity index (χ0n) is 18.7. The largest absolute Gasteiger partial charge is 0.497 e. The van der Waals surface area contributed by atoms with Gasteiger partial charge in [-0.1, -0.05) is 0 Å². The van der Waals surface area contributed by atoms with E-state index in [4.69, 9.17) is 18.6 Å². The first kappa shape index (κ1) is 23.5. The molecule has 1 aromatic heterocycles. The number of carbonyl (C=O) groups is 2. The number of hydrogen-bond donors (Lipinski definition) is 2. The van der Waals surface area contributed by atoms with Crippen LogP contribution in [0, 0.1) is 0 Å². The second-order valence-electron chi connectivity index (χ2n) is 7.12. The van der Waals surface area contributed by atoms with Gasteiger partial charge in [-0.15, -0.1) is 0 Å². The third-order valence-electron chi connectivity index (χ3n) is 4.61. The molecule has 1 heterocycles. The molecule has 0 aliphatic heterocycles. The molecular formula is C25H26N2O6. The third-order valence-corrected chi connectivity index (χ3v) is 4.61. The summed E-state index contributed by atoms with van der Waals surface area (Å²) in [5.41, 5.74) is 0.423. The van der Waals surface area contributed by atoms with Crippen LogP contribution in [-0.2, 0) is 4.79 Å². The lowest BCUT2D eigenvalue weighted by Gasteiger charge is -2.17. The van der Waals surface area contributed by atoms with Crippen molar-refractivity contribution in [3.8, 4) is 17.2 Å². The summed E-state index contributed by atoms with van der Waals surface area (Å²) in [4.78, 5) is 25.6. The van der Waals surface area contributed by atoms with Gasteiger partial charge in [0.15, 0.2) is 0 Å². The first-order chi connectivity index (χ1) is 16.0. The van der Waals surface area contributed by atoms with Crippen LogP contribution in [0.4, 0.5) is 0 Å². The molecule has 8 nitrogen and oxygen atoms in total. The topological polar surface area (TPSA) is 99.0 Å². The van der Waals surface area contributed by atoms with Crippen LogP contribution in [0.2, 0.25) is 0 Å². The van der Waals surface area contributed by atoms with Gasteiger partial charge in [-0.3, -0.25) is 9.59 Å². The molecule has 2 N–H and O–H groups in total. The van der Waals surface area contributed by atoms with Crippen LogP contribution in [0.25, 0.3) is 6.08 Å². The van der Waals surface area contributed by atoms with Crippen molar-refractivity contribution in [3.63, 3.8) is 0 Å². The Kier molecular flexibility index (Phi) is 8.13. The number of ether oxygens (including phenoxy) is 3. The van der Waals surface area contributed by atoms with Gasteiger partial charge < -0.3 is 29.3 Å². The molecule has 2 aromatic carbocycles. The summed E-state index contributed by atoms with van der Waals surface area (Å²) in [6.45, 7) is 2.04. The van der Waals surface area contributed by atoms with Crippen molar-refractivity contribution in [1.29, 1.82) is 0 Å². The second kappa shape index (κ2) is 11.4. The third kappa shape index (κ3) is 6.90. The van der Waals surface area contributed by atoms with Gasteiger partial charge in [-0.05, 0) is 67.6 Å². The second-order valence-corrected chi connectivity index (χ2v) is 7.12. The average Bonchev–Trinajstić information content (AvgIpc) is 3.35. The lowest BCUT2D eigenvalue weighted by Crippen LogP contribution is -2.41. The average molecular weight is 450 g/mol. The van der Waals surface area contributed by atoms with Crippen LogP contribution >= 0.6 is 0 Å². The van der Waals surface area contributed by atoms with E-state index in [0.717, 1.165) is 5.75 Å². The highest BCUT2D eigenvalue weighted by molar-refractivity contribution is 6.05. The van der Waals surface area contributed by atoms with Crippen LogP contribution in [0.15, 0.2) is 77.0 Å². The Hall–Kier alpha value is -4.20. The van der Waals surface area contributed by atoms with Gasteiger partial charge in [0.1, 0.15) is 35.3 Å². The zero-order valence-corrected chi connectivity index (χ0v) is 18.7. The van der Waals surface area contributed by atoms with Gasteiger partial charge in [-0.2, -0.15) is 0 Å². The van der Waals surface area contributed by atoms with E-state index in [2.05, 4.69) is 10.6 Å². The minimum Gasteiger partial charge on any atom is -0.497 e. The number of rotatable bonds is 10. The van der Waals surface area contributed by atoms with Gasteiger partial charge in [-0.25, -0.2) is 0 Å². The van der Waals surface area contributed by atoms with Crippen molar-refractivity contribution in [1.82, 2.24) is 10.6 Å². The highest BCUT2D eigenvalue weighted by Crippen LogP contribution is 2.17. The molecule has 0 unspecified atom stereocenters. The summed E-state index contributed by atoms with van der Waals surface area (Å²) in [5, 5.41) is 5.48. The number of nitrogens with one attached hydrogen (secondary N) is 2. The molecular weight excluding hydrogens is 424 g/mol. The monoisotopic (exact) mass is 450 g/mol. The molecule has 0 bridgehead atoms. The molecule has 3 aromatic rings. The molecule has 0 spiro atoms. The predicted octanol–water partition coefficient (Wildman–Crippen LogP) is 3.65. The molecule has 0 saturated heterocycles. The van der Waals surface area contributed by atoms with Crippen molar-refractivity contribution in [3.05, 3.63) is 83.9 Å². The molecule has 3 rings (SSSR count). The minimum absolute atomic E-state index is 0.0436. The summed E-state index contributed by atoms with van der Waals surface area (Å²) < 4.78 is 21.3. The summed E-state index contributed by atoms with van der Waals surface area (Å²) in [6.07, 6.45) is 2.95. The number of carbonyl (C=O) groups excluding carboxylic acids is 2. The van der Waals surface area contributed by atoms with Gasteiger partial charge in [0, 0.05) is 11.6 Å². The SMILES string of the molecule is COc1ccc(OC[C@@H](C)NC(=O)/C(=C/c2ccco2)NC(=O)c2ccc(OC)cc2)cc1. The summed E-state index contributed by atoms with van der Waals surface area (Å²) in [5.74, 6) is 1.52. The molecule has 33 heavy (non-hydrogen) atoms. The van der Waals surface area contributed by atoms with E-state index >= 15 is 0 Å². The smallest absolute Gasteiger partial charge is 0.268 e. The fraction of sp³-hybridized carbons (Fsp3) is 0.200. The number of hydrogen-bond acceptors (Lipinski definition) is 6. The van der Waals surface area contributed by atoms with E-state index in [1.807, 2.05) is 0 Å². The Balaban J connectivity index is 1.65. The van der Waals surface area contributed by atoms with Crippen molar-refractivity contribution < 1.29 is 28.2 Å². The fourth-order valence-corrected chi connectivity index (χ4v) is 2.85. The van der Waals surface area contributed by atoms with E-state index in [0.29, 0.717) is 22.8 Å². The van der Waals surface area contributed by atoms with Crippen molar-refractivity contribution in [2.24, 2.45) is 0 Å². The molecule has 0 saturated carbocycles. The Morgan fingerprint density at radius 3 is 2.12 bits per heavy atom. The molecule has 2 amide bonds. The minimum atomic E-state index is -0.473. The van der Waals surface area contributed by atoms with Gasteiger partial charge >= 0.3 is 0 Å². The van der Waals surface area contributed by atoms with Crippen molar-refractivity contribution >= 4 is 17.9 Å². The molecule has 0 fully saturated rings. The standard InChI is InChI=1S/C25H26N2O6/c1-17(16-33-21-12-10-20(31-3)11-13-21)26-25(29)23(15-22-5-4-14-32-22)27-24(28)18-6-8-19(30-2)9-7-18/h4-15,17H,16H2,1-3H3,(H,26,29)(H,27,28)/b23-15-/t17-/m1/s1. The highest BCUT2D eigenvalue weighted by Gasteiger charge is 2.17. The maximum absolute atomic E-state index is 12.9. The first-order valence-electron chi connectivity index (χ1n) is 10.3. The molecule has 172 valence electrons. The predicted molar refractivity (Wildman–Crippen MR) is 123 cm³/mol. The van der Waals surface area contributed by atoms with Gasteiger partial charge in [0.2, 0.25) is 0 Å². The number of methoxy groups -OCH3 is 2. The summed E-state index contributed by atoms with van der Waals surface area (Å²) in [6, 6.07) is 16.7. The van der Waals surface area contributed by atoms with E-state index in [1.54, 1.807) is 81.8 Å². The van der Waals surface area contributed by atoms with Crippen LogP contribution in [0.3, 0.4) is 0 Å². The van der Waals surface area contributed by atoms with E-state index in [-0.39, 0.29) is 18.3 Å². The van der Waals surface area contributed by atoms with Crippen LogP contribution in [0.5, 0.6) is 17.2 Å². The maximum Gasteiger partial charge on any atom is 0.268 e. The van der Waals surface area contributed by atoms with Crippen molar-refractivity contribution in [2.45, 2.75) is 13.0 Å². The normalized spacial score (nSPS) is 11.9. The summed E-state index contributed by atoms with van der Waals surface area (Å²) >= 11 is 0.